The van der Waals surface area contributed by atoms with Crippen molar-refractivity contribution in [1.29, 1.82) is 0 Å². The van der Waals surface area contributed by atoms with E-state index in [4.69, 9.17) is 9.15 Å². The van der Waals surface area contributed by atoms with Gasteiger partial charge in [-0.1, -0.05) is 0 Å². The molecule has 0 aliphatic heterocycles. The third-order valence-electron chi connectivity index (χ3n) is 1.75. The lowest BCUT2D eigenvalue weighted by Crippen LogP contribution is -2.14. The fourth-order valence-corrected chi connectivity index (χ4v) is 1.08. The molecule has 1 aromatic rings. The summed E-state index contributed by atoms with van der Waals surface area (Å²) in [5.74, 6) is -0.587. The maximum atomic E-state index is 11.0. The molecule has 5 nitrogen and oxygen atoms in total. The third kappa shape index (κ3) is 2.12. The van der Waals surface area contributed by atoms with E-state index in [1.807, 2.05) is 0 Å². The number of hydrogen-bond acceptors (Lipinski definition) is 5. The van der Waals surface area contributed by atoms with Crippen LogP contribution in [0.1, 0.15) is 17.4 Å². The van der Waals surface area contributed by atoms with Crippen molar-refractivity contribution in [2.75, 3.05) is 14.2 Å². The summed E-state index contributed by atoms with van der Waals surface area (Å²) in [7, 11) is 2.71. The molecule has 0 bridgehead atoms. The average Bonchev–Trinajstić information content (AvgIpc) is 2.64. The number of hydrogen-bond donors (Lipinski definition) is 1. The van der Waals surface area contributed by atoms with Gasteiger partial charge in [0.25, 0.3) is 0 Å². The average molecular weight is 200 g/mol. The Kier molecular flexibility index (Phi) is 3.67. The van der Waals surface area contributed by atoms with Crippen LogP contribution in [-0.2, 0) is 20.9 Å². The minimum Gasteiger partial charge on any atom is -0.467 e. The van der Waals surface area contributed by atoms with Crippen LogP contribution in [0, 0.1) is 0 Å². The largest absolute Gasteiger partial charge is 0.467 e. The zero-order valence-electron chi connectivity index (χ0n) is 8.02. The minimum absolute atomic E-state index is 0.165. The summed E-state index contributed by atoms with van der Waals surface area (Å²) >= 11 is 0. The van der Waals surface area contributed by atoms with Crippen molar-refractivity contribution in [2.24, 2.45) is 0 Å². The topological polar surface area (TPSA) is 68.9 Å². The summed E-state index contributed by atoms with van der Waals surface area (Å²) < 4.78 is 14.2. The molecule has 78 valence electrons. The molecule has 1 N–H and O–H groups in total. The van der Waals surface area contributed by atoms with Crippen LogP contribution < -0.4 is 0 Å². The number of esters is 1. The van der Waals surface area contributed by atoms with Crippen LogP contribution in [0.25, 0.3) is 0 Å². The molecule has 14 heavy (non-hydrogen) atoms. The molecule has 1 atom stereocenters. The normalized spacial score (nSPS) is 12.5. The number of carbonyl (C=O) groups excluding carboxylic acids is 1. The Balaban J connectivity index is 2.83. The Morgan fingerprint density at radius 3 is 2.93 bits per heavy atom. The second-order valence-corrected chi connectivity index (χ2v) is 2.67. The monoisotopic (exact) mass is 200 g/mol. The standard InChI is InChI=1S/C9H12O5/c1-12-5-6-3-4-14-8(6)7(10)9(11)13-2/h3-4,7,10H,5H2,1-2H3. The molecule has 0 radical (unpaired) electrons. The van der Waals surface area contributed by atoms with Crippen molar-refractivity contribution < 1.29 is 23.8 Å². The molecule has 0 aromatic carbocycles. The molecule has 0 fully saturated rings. The van der Waals surface area contributed by atoms with Crippen molar-refractivity contribution in [2.45, 2.75) is 12.7 Å². The van der Waals surface area contributed by atoms with E-state index in [0.717, 1.165) is 0 Å². The molecule has 1 rings (SSSR count). The fourth-order valence-electron chi connectivity index (χ4n) is 1.08. The van der Waals surface area contributed by atoms with Crippen molar-refractivity contribution >= 4 is 5.97 Å². The molecular weight excluding hydrogens is 188 g/mol. The van der Waals surface area contributed by atoms with Gasteiger partial charge in [0, 0.05) is 12.7 Å². The van der Waals surface area contributed by atoms with E-state index in [1.165, 1.54) is 20.5 Å². The number of aliphatic hydroxyl groups excluding tert-OH is 1. The lowest BCUT2D eigenvalue weighted by atomic mass is 10.2. The van der Waals surface area contributed by atoms with Crippen molar-refractivity contribution in [3.05, 3.63) is 23.7 Å². The van der Waals surface area contributed by atoms with Crippen LogP contribution in [0.2, 0.25) is 0 Å². The van der Waals surface area contributed by atoms with Crippen LogP contribution in [0.5, 0.6) is 0 Å². The number of furan rings is 1. The van der Waals surface area contributed by atoms with E-state index < -0.39 is 12.1 Å². The second-order valence-electron chi connectivity index (χ2n) is 2.67. The maximum absolute atomic E-state index is 11.0. The fraction of sp³-hybridized carbons (Fsp3) is 0.444. The third-order valence-corrected chi connectivity index (χ3v) is 1.75. The smallest absolute Gasteiger partial charge is 0.342 e. The SMILES string of the molecule is COCc1ccoc1C(O)C(=O)OC. The van der Waals surface area contributed by atoms with Gasteiger partial charge in [0.1, 0.15) is 5.76 Å². The molecule has 1 heterocycles. The summed E-state index contributed by atoms with van der Waals surface area (Å²) in [6.07, 6.45) is -0.00398. The maximum Gasteiger partial charge on any atom is 0.342 e. The Bertz CT molecular complexity index is 304. The van der Waals surface area contributed by atoms with E-state index in [9.17, 15) is 9.90 Å². The highest BCUT2D eigenvalue weighted by molar-refractivity contribution is 5.75. The number of ether oxygens (including phenoxy) is 2. The quantitative estimate of drug-likeness (QED) is 0.722. The molecule has 0 aliphatic rings. The van der Waals surface area contributed by atoms with Crippen LogP contribution in [0.15, 0.2) is 16.7 Å². The van der Waals surface area contributed by atoms with Crippen LogP contribution in [0.4, 0.5) is 0 Å². The zero-order chi connectivity index (χ0) is 10.6. The van der Waals surface area contributed by atoms with Crippen molar-refractivity contribution in [3.8, 4) is 0 Å². The minimum atomic E-state index is -1.39. The van der Waals surface area contributed by atoms with Gasteiger partial charge >= 0.3 is 5.97 Å². The van der Waals surface area contributed by atoms with Gasteiger partial charge in [-0.15, -0.1) is 0 Å². The zero-order valence-corrected chi connectivity index (χ0v) is 8.02. The lowest BCUT2D eigenvalue weighted by molar-refractivity contribution is -0.151. The predicted octanol–water partition coefficient (Wildman–Crippen LogP) is 0.632. The van der Waals surface area contributed by atoms with Crippen molar-refractivity contribution in [1.82, 2.24) is 0 Å². The van der Waals surface area contributed by atoms with Gasteiger partial charge in [-0.2, -0.15) is 0 Å². The van der Waals surface area contributed by atoms with Gasteiger partial charge in [0.15, 0.2) is 0 Å². The first-order valence-electron chi connectivity index (χ1n) is 4.01. The molecule has 0 spiro atoms. The highest BCUT2D eigenvalue weighted by Gasteiger charge is 2.24. The molecule has 0 amide bonds. The lowest BCUT2D eigenvalue weighted by Gasteiger charge is -2.07. The summed E-state index contributed by atoms with van der Waals surface area (Å²) in [4.78, 5) is 11.0. The van der Waals surface area contributed by atoms with E-state index in [-0.39, 0.29) is 12.4 Å². The van der Waals surface area contributed by atoms with E-state index in [0.29, 0.717) is 5.56 Å². The highest BCUT2D eigenvalue weighted by Crippen LogP contribution is 2.20. The van der Waals surface area contributed by atoms with Gasteiger partial charge in [-0.25, -0.2) is 4.79 Å². The molecule has 0 aliphatic carbocycles. The predicted molar refractivity (Wildman–Crippen MR) is 46.4 cm³/mol. The van der Waals surface area contributed by atoms with Gasteiger partial charge in [-0.3, -0.25) is 0 Å². The summed E-state index contributed by atoms with van der Waals surface area (Å²) in [5, 5.41) is 9.46. The number of rotatable bonds is 4. The summed E-state index contributed by atoms with van der Waals surface area (Å²) in [6.45, 7) is 0.278. The van der Waals surface area contributed by atoms with E-state index in [2.05, 4.69) is 4.74 Å². The van der Waals surface area contributed by atoms with Gasteiger partial charge < -0.3 is 19.0 Å². The Hall–Kier alpha value is -1.33. The summed E-state index contributed by atoms with van der Waals surface area (Å²) in [5.41, 5.74) is 0.630. The van der Waals surface area contributed by atoms with Crippen LogP contribution in [-0.4, -0.2) is 25.3 Å². The van der Waals surface area contributed by atoms with Crippen molar-refractivity contribution in [3.63, 3.8) is 0 Å². The van der Waals surface area contributed by atoms with Gasteiger partial charge in [-0.05, 0) is 6.07 Å². The van der Waals surface area contributed by atoms with Crippen LogP contribution >= 0.6 is 0 Å². The molecule has 0 saturated heterocycles. The van der Waals surface area contributed by atoms with E-state index in [1.54, 1.807) is 6.07 Å². The molecule has 0 saturated carbocycles. The van der Waals surface area contributed by atoms with Gasteiger partial charge in [0.05, 0.1) is 20.0 Å². The molecule has 1 unspecified atom stereocenters. The molecular formula is C9H12O5. The number of aliphatic hydroxyl groups is 1. The number of methoxy groups -OCH3 is 2. The molecule has 1 aromatic heterocycles. The van der Waals surface area contributed by atoms with Gasteiger partial charge in [0.2, 0.25) is 6.10 Å². The number of carbonyl (C=O) groups is 1. The summed E-state index contributed by atoms with van der Waals surface area (Å²) in [6, 6.07) is 1.63. The Labute approximate surface area is 81.2 Å². The van der Waals surface area contributed by atoms with Crippen LogP contribution in [0.3, 0.4) is 0 Å². The first-order chi connectivity index (χ1) is 6.70. The Morgan fingerprint density at radius 1 is 1.64 bits per heavy atom. The first kappa shape index (κ1) is 10.7. The van der Waals surface area contributed by atoms with E-state index >= 15 is 0 Å². The highest BCUT2D eigenvalue weighted by atomic mass is 16.5. The second kappa shape index (κ2) is 4.78. The first-order valence-corrected chi connectivity index (χ1v) is 4.01. The molecule has 5 heteroatoms. The Morgan fingerprint density at radius 2 is 2.36 bits per heavy atom.